The van der Waals surface area contributed by atoms with Crippen LogP contribution in [0.1, 0.15) is 0 Å². The van der Waals surface area contributed by atoms with Crippen molar-refractivity contribution in [3.8, 4) is 0 Å². The molecule has 37 heavy (non-hydrogen) atoms. The SMILES string of the molecule is O=N[N-]c1ccc([N+](=O)[O-])cc1.[Ni].c1cc[cH-]c1.c1ccc([PH+](c2ccccc2)c2ccccc2)cc1. The number of hydrogen-bond donors (Lipinski definition) is 0. The Morgan fingerprint density at radius 2 is 1.05 bits per heavy atom. The summed E-state index contributed by atoms with van der Waals surface area (Å²) in [5, 5.41) is 16.8. The Hall–Kier alpha value is -4.05. The van der Waals surface area contributed by atoms with E-state index in [1.54, 1.807) is 0 Å². The van der Waals surface area contributed by atoms with E-state index in [9.17, 15) is 15.0 Å². The fourth-order valence-electron chi connectivity index (χ4n) is 3.32. The van der Waals surface area contributed by atoms with Crippen LogP contribution in [0.15, 0.2) is 151 Å². The van der Waals surface area contributed by atoms with E-state index < -0.39 is 12.8 Å². The van der Waals surface area contributed by atoms with E-state index in [2.05, 4.69) is 102 Å². The predicted molar refractivity (Wildman–Crippen MR) is 150 cm³/mol. The van der Waals surface area contributed by atoms with Gasteiger partial charge in [-0.1, -0.05) is 66.7 Å². The predicted octanol–water partition coefficient (Wildman–Crippen LogP) is 6.86. The Bertz CT molecular complexity index is 1180. The van der Waals surface area contributed by atoms with Gasteiger partial charge in [-0.15, -0.1) is 11.0 Å². The van der Waals surface area contributed by atoms with E-state index in [0.717, 1.165) is 0 Å². The first-order valence-electron chi connectivity index (χ1n) is 11.2. The molecule has 0 aliphatic rings. The Morgan fingerprint density at radius 3 is 1.35 bits per heavy atom. The van der Waals surface area contributed by atoms with Crippen LogP contribution in [0.5, 0.6) is 0 Å². The number of non-ortho nitro benzene ring substituents is 1. The van der Waals surface area contributed by atoms with Gasteiger partial charge in [-0.05, 0) is 36.4 Å². The van der Waals surface area contributed by atoms with Crippen LogP contribution in [0, 0.1) is 15.0 Å². The van der Waals surface area contributed by atoms with Crippen molar-refractivity contribution in [3.63, 3.8) is 0 Å². The van der Waals surface area contributed by atoms with Crippen molar-refractivity contribution < 1.29 is 21.4 Å². The first-order chi connectivity index (χ1) is 17.7. The molecular formula is C29H25N3NiO3P-. The van der Waals surface area contributed by atoms with Crippen LogP contribution in [0.4, 0.5) is 11.4 Å². The Kier molecular flexibility index (Phi) is 13.1. The summed E-state index contributed by atoms with van der Waals surface area (Å²) in [4.78, 5) is 19.3. The quantitative estimate of drug-likeness (QED) is 0.0575. The zero-order chi connectivity index (χ0) is 25.4. The largest absolute Gasteiger partial charge is 0.537 e. The maximum absolute atomic E-state index is 10.2. The van der Waals surface area contributed by atoms with Crippen LogP contribution < -0.4 is 15.9 Å². The van der Waals surface area contributed by atoms with Gasteiger partial charge in [0.05, 0.1) is 12.8 Å². The van der Waals surface area contributed by atoms with Gasteiger partial charge in [0.25, 0.3) is 5.69 Å². The first kappa shape index (κ1) is 29.2. The van der Waals surface area contributed by atoms with Crippen molar-refractivity contribution in [1.29, 1.82) is 0 Å². The van der Waals surface area contributed by atoms with E-state index >= 15 is 0 Å². The maximum Gasteiger partial charge on any atom is 0.269 e. The molecule has 0 N–H and O–H groups in total. The minimum absolute atomic E-state index is 0. The molecule has 0 amide bonds. The Labute approximate surface area is 227 Å². The topological polar surface area (TPSA) is 86.7 Å². The van der Waals surface area contributed by atoms with E-state index in [1.807, 2.05) is 30.3 Å². The van der Waals surface area contributed by atoms with Crippen LogP contribution in [-0.2, 0) is 16.5 Å². The summed E-state index contributed by atoms with van der Waals surface area (Å²) in [6.07, 6.45) is 0. The molecular weight excluding hydrogens is 528 g/mol. The monoisotopic (exact) mass is 552 g/mol. The molecule has 5 aromatic rings. The normalized spacial score (nSPS) is 9.43. The summed E-state index contributed by atoms with van der Waals surface area (Å²) in [5.41, 5.74) is 3.41. The molecule has 0 unspecified atom stereocenters. The molecule has 0 bridgehead atoms. The second-order valence-corrected chi connectivity index (χ2v) is 9.87. The van der Waals surface area contributed by atoms with Crippen LogP contribution in [0.25, 0.3) is 5.43 Å². The third-order valence-corrected chi connectivity index (χ3v) is 7.69. The smallest absolute Gasteiger partial charge is 0.269 e. The number of nitrogens with zero attached hydrogens (tertiary/aromatic N) is 3. The standard InChI is InChI=1S/C18H15P.C6H5N3O3.C5H5.Ni/c1-4-10-16(11-5-1)19(17-12-6-2-7-13-17)18-14-8-3-9-15-18;10-8-7-5-1-3-6(4-2-5)9(11)12;1-2-4-5-3-1;/h1-15H;1-4H,(H,7,10);1-5H;/q;;-1;. The molecule has 0 saturated carbocycles. The molecule has 5 rings (SSSR count). The zero-order valence-corrected chi connectivity index (χ0v) is 21.7. The van der Waals surface area contributed by atoms with Crippen molar-refractivity contribution in [2.45, 2.75) is 0 Å². The number of hydrogen-bond acceptors (Lipinski definition) is 4. The molecule has 0 fully saturated rings. The Balaban J connectivity index is 0.000000228. The molecule has 0 spiro atoms. The molecule has 0 aromatic heterocycles. The molecule has 0 atom stereocenters. The number of nitroso groups, excluding NO2 is 1. The van der Waals surface area contributed by atoms with Gasteiger partial charge in [0.1, 0.15) is 15.9 Å². The average Bonchev–Trinajstić information content (AvgIpc) is 3.52. The van der Waals surface area contributed by atoms with Crippen LogP contribution in [-0.4, -0.2) is 4.92 Å². The molecule has 8 heteroatoms. The minimum Gasteiger partial charge on any atom is -0.537 e. The summed E-state index contributed by atoms with van der Waals surface area (Å²) < 4.78 is 0. The third kappa shape index (κ3) is 9.85. The van der Waals surface area contributed by atoms with Crippen molar-refractivity contribution in [1.82, 2.24) is 0 Å². The molecule has 0 aliphatic heterocycles. The Morgan fingerprint density at radius 1 is 0.649 bits per heavy atom. The summed E-state index contributed by atoms with van der Waals surface area (Å²) in [5.74, 6) is 0. The summed E-state index contributed by atoms with van der Waals surface area (Å²) in [7, 11) is -0.877. The van der Waals surface area contributed by atoms with E-state index in [4.69, 9.17) is 0 Å². The summed E-state index contributed by atoms with van der Waals surface area (Å²) >= 11 is 0. The van der Waals surface area contributed by atoms with Gasteiger partial charge in [0.2, 0.25) is 0 Å². The minimum atomic E-state index is -0.877. The van der Waals surface area contributed by atoms with Crippen LogP contribution >= 0.6 is 7.92 Å². The summed E-state index contributed by atoms with van der Waals surface area (Å²) in [6.45, 7) is 0. The molecule has 6 nitrogen and oxygen atoms in total. The van der Waals surface area contributed by atoms with Gasteiger partial charge >= 0.3 is 0 Å². The summed E-state index contributed by atoms with van der Waals surface area (Å²) in [6, 6.07) is 47.7. The number of rotatable bonds is 6. The zero-order valence-electron chi connectivity index (χ0n) is 19.7. The van der Waals surface area contributed by atoms with E-state index in [0.29, 0.717) is 5.69 Å². The van der Waals surface area contributed by atoms with Gasteiger partial charge in [0, 0.05) is 28.6 Å². The second-order valence-electron chi connectivity index (χ2n) is 7.39. The molecule has 0 heterocycles. The van der Waals surface area contributed by atoms with Gasteiger partial charge in [-0.3, -0.25) is 10.1 Å². The second kappa shape index (κ2) is 16.6. The fraction of sp³-hybridized carbons (Fsp3) is 0. The first-order valence-corrected chi connectivity index (χ1v) is 12.7. The number of nitro groups is 1. The van der Waals surface area contributed by atoms with Gasteiger partial charge in [-0.2, -0.15) is 23.1 Å². The molecule has 190 valence electrons. The van der Waals surface area contributed by atoms with Gasteiger partial charge < -0.3 is 5.43 Å². The van der Waals surface area contributed by atoms with Crippen molar-refractivity contribution in [2.24, 2.45) is 5.29 Å². The molecule has 5 aromatic carbocycles. The number of nitro benzene ring substituents is 1. The fourth-order valence-corrected chi connectivity index (χ4v) is 5.90. The maximum atomic E-state index is 10.2. The molecule has 0 saturated heterocycles. The molecule has 0 aliphatic carbocycles. The number of benzene rings is 4. The van der Waals surface area contributed by atoms with Crippen molar-refractivity contribution in [3.05, 3.63) is 166 Å². The van der Waals surface area contributed by atoms with Crippen molar-refractivity contribution >= 4 is 35.2 Å². The van der Waals surface area contributed by atoms with Gasteiger partial charge in [-0.25, -0.2) is 12.1 Å². The molecule has 0 radical (unpaired) electrons. The van der Waals surface area contributed by atoms with Crippen molar-refractivity contribution in [2.75, 3.05) is 0 Å². The van der Waals surface area contributed by atoms with E-state index in [1.165, 1.54) is 40.2 Å². The van der Waals surface area contributed by atoms with Gasteiger partial charge in [0.15, 0.2) is 0 Å². The van der Waals surface area contributed by atoms with E-state index in [-0.39, 0.29) is 22.2 Å². The van der Waals surface area contributed by atoms with Crippen LogP contribution in [0.2, 0.25) is 0 Å². The third-order valence-electron chi connectivity index (χ3n) is 4.96. The van der Waals surface area contributed by atoms with Crippen LogP contribution in [0.3, 0.4) is 0 Å². The average molecular weight is 553 g/mol.